The van der Waals surface area contributed by atoms with Crippen LogP contribution in [0.15, 0.2) is 0 Å². The quantitative estimate of drug-likeness (QED) is 0.504. The summed E-state index contributed by atoms with van der Waals surface area (Å²) in [6.45, 7) is 0.877. The molecule has 0 bridgehead atoms. The average Bonchev–Trinajstić information content (AvgIpc) is 1.94. The molecule has 4 heteroatoms. The topological polar surface area (TPSA) is 69.6 Å². The Balaban J connectivity index is 2.12. The number of carboxylic acid groups (broad SMARTS) is 1. The van der Waals surface area contributed by atoms with Crippen molar-refractivity contribution in [2.24, 2.45) is 5.92 Å². The van der Waals surface area contributed by atoms with E-state index in [1.807, 2.05) is 0 Å². The van der Waals surface area contributed by atoms with Crippen molar-refractivity contribution in [3.63, 3.8) is 0 Å². The lowest BCUT2D eigenvalue weighted by atomic mass is 9.79. The summed E-state index contributed by atoms with van der Waals surface area (Å²) in [6, 6.07) is 0.133. The molecule has 70 valence electrons. The SMILES string of the molecule is O=C(O)C1CCC1NCCCO. The fourth-order valence-electron chi connectivity index (χ4n) is 1.41. The summed E-state index contributed by atoms with van der Waals surface area (Å²) in [5.74, 6) is -0.911. The van der Waals surface area contributed by atoms with Gasteiger partial charge in [0.05, 0.1) is 5.92 Å². The van der Waals surface area contributed by atoms with Gasteiger partial charge in [0, 0.05) is 12.6 Å². The molecule has 3 N–H and O–H groups in total. The Hall–Kier alpha value is -0.610. The highest BCUT2D eigenvalue weighted by molar-refractivity contribution is 5.72. The maximum atomic E-state index is 10.5. The first-order valence-corrected chi connectivity index (χ1v) is 4.32. The Kier molecular flexibility index (Phi) is 3.49. The van der Waals surface area contributed by atoms with Crippen LogP contribution >= 0.6 is 0 Å². The Bertz CT molecular complexity index is 160. The van der Waals surface area contributed by atoms with Gasteiger partial charge in [0.25, 0.3) is 0 Å². The molecule has 0 spiro atoms. The first-order valence-electron chi connectivity index (χ1n) is 4.32. The highest BCUT2D eigenvalue weighted by Gasteiger charge is 2.35. The molecule has 0 aliphatic heterocycles. The maximum Gasteiger partial charge on any atom is 0.308 e. The van der Waals surface area contributed by atoms with Crippen LogP contribution in [0, 0.1) is 5.92 Å². The Morgan fingerprint density at radius 1 is 1.50 bits per heavy atom. The van der Waals surface area contributed by atoms with Crippen LogP contribution in [-0.4, -0.2) is 35.4 Å². The lowest BCUT2D eigenvalue weighted by Gasteiger charge is -2.34. The number of aliphatic hydroxyl groups excluding tert-OH is 1. The van der Waals surface area contributed by atoms with E-state index in [4.69, 9.17) is 10.2 Å². The van der Waals surface area contributed by atoms with Crippen LogP contribution in [0.2, 0.25) is 0 Å². The zero-order valence-corrected chi connectivity index (χ0v) is 6.99. The van der Waals surface area contributed by atoms with E-state index in [9.17, 15) is 4.79 Å². The van der Waals surface area contributed by atoms with Gasteiger partial charge in [-0.1, -0.05) is 0 Å². The number of aliphatic hydroxyl groups is 1. The van der Waals surface area contributed by atoms with Crippen LogP contribution in [0.5, 0.6) is 0 Å². The van der Waals surface area contributed by atoms with Crippen LogP contribution in [0.4, 0.5) is 0 Å². The maximum absolute atomic E-state index is 10.5. The molecule has 2 unspecified atom stereocenters. The lowest BCUT2D eigenvalue weighted by Crippen LogP contribution is -2.48. The molecule has 0 radical (unpaired) electrons. The molecule has 1 aliphatic carbocycles. The van der Waals surface area contributed by atoms with E-state index < -0.39 is 5.97 Å². The summed E-state index contributed by atoms with van der Waals surface area (Å²) in [6.07, 6.45) is 2.43. The number of rotatable bonds is 5. The second-order valence-electron chi connectivity index (χ2n) is 3.16. The average molecular weight is 173 g/mol. The number of carboxylic acids is 1. The molecular weight excluding hydrogens is 158 g/mol. The first-order chi connectivity index (χ1) is 5.75. The van der Waals surface area contributed by atoms with Gasteiger partial charge in [-0.2, -0.15) is 0 Å². The highest BCUT2D eigenvalue weighted by Crippen LogP contribution is 2.27. The van der Waals surface area contributed by atoms with Crippen LogP contribution in [0.1, 0.15) is 19.3 Å². The predicted molar refractivity (Wildman–Crippen MR) is 43.9 cm³/mol. The van der Waals surface area contributed by atoms with Crippen molar-refractivity contribution in [3.8, 4) is 0 Å². The monoisotopic (exact) mass is 173 g/mol. The largest absolute Gasteiger partial charge is 0.481 e. The Labute approximate surface area is 71.6 Å². The van der Waals surface area contributed by atoms with Gasteiger partial charge in [-0.05, 0) is 25.8 Å². The fourth-order valence-corrected chi connectivity index (χ4v) is 1.41. The second kappa shape index (κ2) is 4.42. The molecule has 1 saturated carbocycles. The summed E-state index contributed by atoms with van der Waals surface area (Å²) in [5.41, 5.74) is 0. The minimum Gasteiger partial charge on any atom is -0.481 e. The third kappa shape index (κ3) is 2.19. The number of hydrogen-bond donors (Lipinski definition) is 3. The third-order valence-electron chi connectivity index (χ3n) is 2.33. The van der Waals surface area contributed by atoms with E-state index >= 15 is 0 Å². The Morgan fingerprint density at radius 3 is 2.67 bits per heavy atom. The molecule has 0 saturated heterocycles. The lowest BCUT2D eigenvalue weighted by molar-refractivity contribution is -0.146. The third-order valence-corrected chi connectivity index (χ3v) is 2.33. The summed E-state index contributed by atoms with van der Waals surface area (Å²) in [7, 11) is 0. The summed E-state index contributed by atoms with van der Waals surface area (Å²) < 4.78 is 0. The number of hydrogen-bond acceptors (Lipinski definition) is 3. The van der Waals surface area contributed by atoms with Gasteiger partial charge < -0.3 is 15.5 Å². The van der Waals surface area contributed by atoms with Crippen molar-refractivity contribution < 1.29 is 15.0 Å². The number of carbonyl (C=O) groups is 1. The number of nitrogens with one attached hydrogen (secondary N) is 1. The standard InChI is InChI=1S/C8H15NO3/c10-5-1-4-9-7-3-2-6(7)8(11)12/h6-7,9-10H,1-5H2,(H,11,12). The van der Waals surface area contributed by atoms with Gasteiger partial charge in [-0.15, -0.1) is 0 Å². The van der Waals surface area contributed by atoms with Crippen molar-refractivity contribution in [3.05, 3.63) is 0 Å². The molecule has 1 aliphatic rings. The van der Waals surface area contributed by atoms with Gasteiger partial charge in [0.15, 0.2) is 0 Å². The van der Waals surface area contributed by atoms with Gasteiger partial charge >= 0.3 is 5.97 Å². The highest BCUT2D eigenvalue weighted by atomic mass is 16.4. The molecule has 0 aromatic carbocycles. The van der Waals surface area contributed by atoms with Crippen LogP contribution in [0.25, 0.3) is 0 Å². The molecular formula is C8H15NO3. The smallest absolute Gasteiger partial charge is 0.308 e. The van der Waals surface area contributed by atoms with E-state index in [1.165, 1.54) is 0 Å². The van der Waals surface area contributed by atoms with Crippen LogP contribution < -0.4 is 5.32 Å². The number of aliphatic carboxylic acids is 1. The fraction of sp³-hybridized carbons (Fsp3) is 0.875. The predicted octanol–water partition coefficient (Wildman–Crippen LogP) is -0.178. The van der Waals surface area contributed by atoms with Crippen molar-refractivity contribution in [2.45, 2.75) is 25.3 Å². The van der Waals surface area contributed by atoms with Gasteiger partial charge in [0.1, 0.15) is 0 Å². The van der Waals surface area contributed by atoms with Gasteiger partial charge in [-0.3, -0.25) is 4.79 Å². The summed E-state index contributed by atoms with van der Waals surface area (Å²) in [4.78, 5) is 10.5. The normalized spacial score (nSPS) is 28.1. The van der Waals surface area contributed by atoms with Crippen molar-refractivity contribution >= 4 is 5.97 Å². The molecule has 1 fully saturated rings. The Morgan fingerprint density at radius 2 is 2.25 bits per heavy atom. The zero-order chi connectivity index (χ0) is 8.97. The molecule has 0 aromatic heterocycles. The van der Waals surface area contributed by atoms with Crippen molar-refractivity contribution in [1.29, 1.82) is 0 Å². The van der Waals surface area contributed by atoms with E-state index in [0.29, 0.717) is 13.0 Å². The molecule has 0 heterocycles. The van der Waals surface area contributed by atoms with Crippen molar-refractivity contribution in [2.75, 3.05) is 13.2 Å². The van der Waals surface area contributed by atoms with Gasteiger partial charge in [-0.25, -0.2) is 0 Å². The van der Waals surface area contributed by atoms with E-state index in [1.54, 1.807) is 0 Å². The molecule has 12 heavy (non-hydrogen) atoms. The first kappa shape index (κ1) is 9.48. The minimum absolute atomic E-state index is 0.133. The van der Waals surface area contributed by atoms with Crippen molar-refractivity contribution in [1.82, 2.24) is 5.32 Å². The summed E-state index contributed by atoms with van der Waals surface area (Å²) in [5, 5.41) is 20.3. The second-order valence-corrected chi connectivity index (χ2v) is 3.16. The van der Waals surface area contributed by atoms with E-state index in [0.717, 1.165) is 12.8 Å². The molecule has 0 amide bonds. The molecule has 1 rings (SSSR count). The van der Waals surface area contributed by atoms with Crippen LogP contribution in [-0.2, 0) is 4.79 Å². The van der Waals surface area contributed by atoms with E-state index in [-0.39, 0.29) is 18.6 Å². The minimum atomic E-state index is -0.706. The van der Waals surface area contributed by atoms with Crippen LogP contribution in [0.3, 0.4) is 0 Å². The zero-order valence-electron chi connectivity index (χ0n) is 6.99. The van der Waals surface area contributed by atoms with Gasteiger partial charge in [0.2, 0.25) is 0 Å². The summed E-state index contributed by atoms with van der Waals surface area (Å²) >= 11 is 0. The molecule has 2 atom stereocenters. The molecule has 0 aromatic rings. The van der Waals surface area contributed by atoms with E-state index in [2.05, 4.69) is 5.32 Å². The molecule has 4 nitrogen and oxygen atoms in total.